The molecule has 2 aliphatic rings. The Morgan fingerprint density at radius 2 is 0.741 bits per heavy atom. The zero-order valence-electron chi connectivity index (χ0n) is 32.9. The van der Waals surface area contributed by atoms with Crippen LogP contribution in [0.25, 0.3) is 12.2 Å². The fraction of sp³-hybridized carbons (Fsp3) is 0.231. The van der Waals surface area contributed by atoms with Crippen molar-refractivity contribution < 1.29 is 20.9 Å². The van der Waals surface area contributed by atoms with Crippen molar-refractivity contribution in [3.05, 3.63) is 222 Å². The number of hydrogen-bond donors (Lipinski definition) is 0. The van der Waals surface area contributed by atoms with Crippen LogP contribution in [-0.4, -0.2) is 5.92 Å². The van der Waals surface area contributed by atoms with Gasteiger partial charge in [-0.3, -0.25) is 0 Å². The van der Waals surface area contributed by atoms with E-state index in [1.807, 2.05) is 0 Å². The Labute approximate surface area is 333 Å². The summed E-state index contributed by atoms with van der Waals surface area (Å²) in [7, 11) is 0. The maximum absolute atomic E-state index is 2.68. The molecule has 0 aliphatic heterocycles. The normalized spacial score (nSPS) is 15.5. The second-order valence-electron chi connectivity index (χ2n) is 16.2. The van der Waals surface area contributed by atoms with E-state index < -0.39 is 26.8 Å². The molecule has 0 aromatic heterocycles. The molecule has 2 aliphatic carbocycles. The van der Waals surface area contributed by atoms with Crippen LogP contribution >= 0.6 is 0 Å². The van der Waals surface area contributed by atoms with Gasteiger partial charge in [0.2, 0.25) is 0 Å². The van der Waals surface area contributed by atoms with Crippen molar-refractivity contribution in [1.82, 2.24) is 0 Å². The average molecular weight is 797 g/mol. The Bertz CT molecular complexity index is 2230. The number of allylic oxidation sites excluding steroid dienone is 2. The molecule has 54 heavy (non-hydrogen) atoms. The molecule has 2 atom stereocenters. The molecule has 6 aromatic carbocycles. The zero-order valence-corrected chi connectivity index (χ0v) is 36.5. The summed E-state index contributed by atoms with van der Waals surface area (Å²) in [4.78, 5) is 0. The molecule has 0 N–H and O–H groups in total. The summed E-state index contributed by atoms with van der Waals surface area (Å²) in [5.74, 6) is -0.950. The van der Waals surface area contributed by atoms with Crippen LogP contribution in [0.1, 0.15) is 96.3 Å². The molecule has 0 bridgehead atoms. The second kappa shape index (κ2) is 15.9. The van der Waals surface area contributed by atoms with Gasteiger partial charge in [0, 0.05) is 0 Å². The van der Waals surface area contributed by atoms with Crippen LogP contribution in [0.15, 0.2) is 133 Å². The van der Waals surface area contributed by atoms with Gasteiger partial charge in [0.05, 0.1) is 0 Å². The van der Waals surface area contributed by atoms with Crippen LogP contribution < -0.4 is 0 Å². The topological polar surface area (TPSA) is 0 Å². The van der Waals surface area contributed by atoms with Gasteiger partial charge in [-0.2, -0.15) is 0 Å². The van der Waals surface area contributed by atoms with Crippen LogP contribution in [0.2, 0.25) is 13.1 Å². The predicted octanol–water partition coefficient (Wildman–Crippen LogP) is 12.7. The minimum atomic E-state index is -2.14. The van der Waals surface area contributed by atoms with Crippen molar-refractivity contribution in [2.45, 2.75) is 73.7 Å². The van der Waals surface area contributed by atoms with E-state index in [1.54, 1.807) is 22.3 Å². The van der Waals surface area contributed by atoms with Crippen molar-refractivity contribution in [3.63, 3.8) is 0 Å². The number of benzene rings is 6. The fourth-order valence-corrected chi connectivity index (χ4v) is 30.2. The first kappa shape index (κ1) is 36.9. The third kappa shape index (κ3) is 7.33. The second-order valence-corrected chi connectivity index (χ2v) is 36.4. The Morgan fingerprint density at radius 1 is 0.407 bits per heavy atom. The molecular weight excluding hydrogens is 744 g/mol. The van der Waals surface area contributed by atoms with Crippen LogP contribution in [0, 0.1) is 27.7 Å². The third-order valence-electron chi connectivity index (χ3n) is 12.5. The molecule has 0 amide bonds. The third-order valence-corrected chi connectivity index (χ3v) is 33.9. The van der Waals surface area contributed by atoms with Gasteiger partial charge < -0.3 is 0 Å². The SMILES string of the molecule is Cc1ccccc1Cc1ccc2c(c1Cc1ccccc1C)C=C[CH]2[Zr]([CH]1C=Cc2c1ccc(Cc1ccccc1C)c2Cc1ccccc1C)[SiH](C)C. The Hall–Kier alpha value is -4.10. The number of aryl methyl sites for hydroxylation is 4. The summed E-state index contributed by atoms with van der Waals surface area (Å²) in [5.41, 5.74) is 23.6. The van der Waals surface area contributed by atoms with E-state index in [4.69, 9.17) is 0 Å². The summed E-state index contributed by atoms with van der Waals surface area (Å²) in [6.07, 6.45) is 14.4. The zero-order chi connectivity index (χ0) is 37.3. The summed E-state index contributed by atoms with van der Waals surface area (Å²) in [6, 6.07) is 46.0. The molecule has 2 heteroatoms. The summed E-state index contributed by atoms with van der Waals surface area (Å²) in [6.45, 7) is 14.4. The maximum atomic E-state index is 2.68. The van der Waals surface area contributed by atoms with Crippen molar-refractivity contribution in [3.8, 4) is 0 Å². The van der Waals surface area contributed by atoms with Crippen molar-refractivity contribution in [2.24, 2.45) is 0 Å². The summed E-state index contributed by atoms with van der Waals surface area (Å²) in [5, 5.41) is 0. The monoisotopic (exact) mass is 795 g/mol. The molecule has 2 unspecified atom stereocenters. The van der Waals surface area contributed by atoms with Gasteiger partial charge >= 0.3 is 335 Å². The van der Waals surface area contributed by atoms with E-state index in [1.165, 1.54) is 66.8 Å². The molecule has 6 aromatic rings. The van der Waals surface area contributed by atoms with Crippen LogP contribution in [0.3, 0.4) is 0 Å². The molecule has 0 spiro atoms. The van der Waals surface area contributed by atoms with Gasteiger partial charge in [0.1, 0.15) is 0 Å². The molecular formula is C52H53SiZr. The Kier molecular flexibility index (Phi) is 10.9. The van der Waals surface area contributed by atoms with Crippen molar-refractivity contribution >= 4 is 18.1 Å². The summed E-state index contributed by atoms with van der Waals surface area (Å²) >= 11 is -2.14. The van der Waals surface area contributed by atoms with Gasteiger partial charge in [-0.1, -0.05) is 0 Å². The first-order valence-electron chi connectivity index (χ1n) is 20.0. The molecule has 0 nitrogen and oxygen atoms in total. The standard InChI is InChI=1S/2C25H23.C2H7Si.Zr/c2*1-18-8-3-5-10-21(18)16-23-15-14-20-12-7-13-24(20)25(23)17-22-11-6-4-9-19(22)2;1-3-2;/h2*3-15H,16-17H2,1-2H3;3H,1-2H3;. The molecule has 0 saturated carbocycles. The van der Waals surface area contributed by atoms with Gasteiger partial charge in [0.15, 0.2) is 0 Å². The first-order valence-corrected chi connectivity index (χ1v) is 30.0. The van der Waals surface area contributed by atoms with E-state index in [2.05, 4.69) is 186 Å². The van der Waals surface area contributed by atoms with Crippen molar-refractivity contribution in [1.29, 1.82) is 0 Å². The Morgan fingerprint density at radius 3 is 1.07 bits per heavy atom. The minimum absolute atomic E-state index is 0.615. The number of rotatable bonds is 11. The molecule has 0 heterocycles. The summed E-state index contributed by atoms with van der Waals surface area (Å²) < 4.78 is 1.23. The van der Waals surface area contributed by atoms with Crippen LogP contribution in [0.4, 0.5) is 0 Å². The van der Waals surface area contributed by atoms with Gasteiger partial charge in [-0.05, 0) is 0 Å². The quantitative estimate of drug-likeness (QED) is 0.115. The van der Waals surface area contributed by atoms with E-state index in [0.717, 1.165) is 25.7 Å². The van der Waals surface area contributed by atoms with E-state index in [9.17, 15) is 0 Å². The average Bonchev–Trinajstić information content (AvgIpc) is 3.79. The van der Waals surface area contributed by atoms with Gasteiger partial charge in [-0.25, -0.2) is 0 Å². The van der Waals surface area contributed by atoms with E-state index >= 15 is 0 Å². The molecule has 8 rings (SSSR count). The molecule has 0 saturated heterocycles. The van der Waals surface area contributed by atoms with Gasteiger partial charge in [0.25, 0.3) is 0 Å². The fourth-order valence-electron chi connectivity index (χ4n) is 9.25. The van der Waals surface area contributed by atoms with Gasteiger partial charge in [-0.15, -0.1) is 0 Å². The molecule has 0 fully saturated rings. The molecule has 269 valence electrons. The predicted molar refractivity (Wildman–Crippen MR) is 231 cm³/mol. The first-order chi connectivity index (χ1) is 26.3. The van der Waals surface area contributed by atoms with E-state index in [-0.39, 0.29) is 0 Å². The molecule has 0 radical (unpaired) electrons. The van der Waals surface area contributed by atoms with Crippen LogP contribution in [-0.2, 0) is 46.6 Å². The number of hydrogen-bond acceptors (Lipinski definition) is 0. The number of fused-ring (bicyclic) bond motifs is 2. The van der Waals surface area contributed by atoms with Crippen LogP contribution in [0.5, 0.6) is 0 Å². The van der Waals surface area contributed by atoms with E-state index in [0.29, 0.717) is 7.25 Å². The Balaban J connectivity index is 1.19. The van der Waals surface area contributed by atoms with Crippen molar-refractivity contribution in [2.75, 3.05) is 0 Å².